The average Bonchev–Trinajstić information content (AvgIpc) is 2.97. The fourth-order valence-corrected chi connectivity index (χ4v) is 16.5. The first-order valence-electron chi connectivity index (χ1n) is 31.6. The van der Waals surface area contributed by atoms with Crippen LogP contribution in [0.5, 0.6) is 0 Å². The number of benzene rings is 7. The molecule has 0 spiro atoms. The van der Waals surface area contributed by atoms with E-state index in [4.69, 9.17) is 0 Å². The van der Waals surface area contributed by atoms with E-state index < -0.39 is 0 Å². The van der Waals surface area contributed by atoms with Crippen molar-refractivity contribution in [3.05, 3.63) is 172 Å². The molecule has 5 atom stereocenters. The molecule has 0 N–H and O–H groups in total. The molecule has 14 rings (SSSR count). The van der Waals surface area contributed by atoms with Gasteiger partial charge in [0.1, 0.15) is 0 Å². The number of hydrogen-bond acceptors (Lipinski definition) is 3. The van der Waals surface area contributed by atoms with Gasteiger partial charge in [0.2, 0.25) is 0 Å². The third-order valence-electron chi connectivity index (χ3n) is 22.2. The Kier molecular flexibility index (Phi) is 12.0. The molecule has 5 heterocycles. The van der Waals surface area contributed by atoms with E-state index in [2.05, 4.69) is 281 Å². The van der Waals surface area contributed by atoms with Gasteiger partial charge in [-0.3, -0.25) is 0 Å². The molecule has 7 aromatic rings. The van der Waals surface area contributed by atoms with Crippen LogP contribution in [0.2, 0.25) is 0 Å². The van der Waals surface area contributed by atoms with Crippen molar-refractivity contribution < 1.29 is 0 Å². The lowest BCUT2D eigenvalue weighted by atomic mass is 9.33. The Morgan fingerprint density at radius 2 is 1.01 bits per heavy atom. The van der Waals surface area contributed by atoms with Crippen molar-refractivity contribution in [3.8, 4) is 11.1 Å². The summed E-state index contributed by atoms with van der Waals surface area (Å²) in [6, 6.07) is 53.1. The Bertz CT molecular complexity index is 3750. The Hall–Kier alpha value is -6.00. The summed E-state index contributed by atoms with van der Waals surface area (Å²) in [6.07, 6.45) is 5.79. The highest BCUT2D eigenvalue weighted by molar-refractivity contribution is 7.00. The molecule has 4 bridgehead atoms. The van der Waals surface area contributed by atoms with Crippen molar-refractivity contribution in [2.24, 2.45) is 11.3 Å². The Balaban J connectivity index is 1.20. The highest BCUT2D eigenvalue weighted by Gasteiger charge is 2.61. The van der Waals surface area contributed by atoms with Gasteiger partial charge in [0.15, 0.2) is 0 Å². The monoisotopic (exact) mass is 1080 g/mol. The van der Waals surface area contributed by atoms with Gasteiger partial charge >= 0.3 is 0 Å². The summed E-state index contributed by atoms with van der Waals surface area (Å²) >= 11 is 0. The molecule has 5 unspecified atom stereocenters. The fourth-order valence-electron chi connectivity index (χ4n) is 16.5. The minimum atomic E-state index is -0.203. The van der Waals surface area contributed by atoms with Crippen LogP contribution in [0.15, 0.2) is 127 Å². The van der Waals surface area contributed by atoms with Crippen LogP contribution in [0.25, 0.3) is 11.1 Å². The zero-order valence-electron chi connectivity index (χ0n) is 53.8. The second kappa shape index (κ2) is 17.8. The topological polar surface area (TPSA) is 9.72 Å². The minimum absolute atomic E-state index is 0.00843. The van der Waals surface area contributed by atoms with Crippen molar-refractivity contribution in [2.75, 3.05) is 14.7 Å². The summed E-state index contributed by atoms with van der Waals surface area (Å²) in [6.45, 7) is 48.8. The first-order chi connectivity index (χ1) is 38.2. The number of hydrogen-bond donors (Lipinski definition) is 0. The maximum atomic E-state index is 2.89. The van der Waals surface area contributed by atoms with Crippen LogP contribution in [0, 0.1) is 11.3 Å². The molecule has 424 valence electrons. The van der Waals surface area contributed by atoms with Gasteiger partial charge in [-0.2, -0.15) is 0 Å². The predicted octanol–water partition coefficient (Wildman–Crippen LogP) is 19.9. The van der Waals surface area contributed by atoms with Crippen LogP contribution < -0.4 is 31.1 Å². The number of anilines is 8. The second-order valence-corrected chi connectivity index (χ2v) is 33.0. The summed E-state index contributed by atoms with van der Waals surface area (Å²) < 4.78 is 0. The predicted molar refractivity (Wildman–Crippen MR) is 355 cm³/mol. The standard InChI is InChI=1S/C78H94BN3/c1-47-48-21-23-49(24-22-48)58-39-51(72(5,6)7)27-32-64(58)81-67-44-59-57(47)36-37-76(17,18)60(59)45-63(67)79-62-41-53(74(11,12)13)29-34-66(62)80(55-30-25-50(26-31-55)71(2,3)4)68-42-56(43-69(81)70(68)79)82-65-33-28-52(73(8,9)10)40-61(65)77(19)46-54(75(14,15)16)35-38-78(77,82)20/h21-34,39-45,47,54,57H,35-38,46H2,1-20H3. The summed E-state index contributed by atoms with van der Waals surface area (Å²) in [7, 11) is 0. The van der Waals surface area contributed by atoms with E-state index in [1.807, 2.05) is 0 Å². The number of fused-ring (bicyclic) bond motifs is 8. The van der Waals surface area contributed by atoms with Crippen molar-refractivity contribution in [3.63, 3.8) is 0 Å². The molecule has 0 radical (unpaired) electrons. The van der Waals surface area contributed by atoms with E-state index in [0.717, 1.165) is 19.3 Å². The lowest BCUT2D eigenvalue weighted by Crippen LogP contribution is -2.62. The van der Waals surface area contributed by atoms with Crippen LogP contribution in [-0.2, 0) is 32.5 Å². The SMILES string of the molecule is CC1c2ccc(cc2)-c2cc(C(C)(C)C)ccc2N2c3cc4c(cc3B3c5cc(C(C)(C)C)ccc5N(c5ccc(C(C)(C)C)cc5)c5cc(N6c7ccc(C(C)(C)C)cc7C7(C)CC(C(C)(C)C)CCC67C)cc2c53)C(C)(C)CCC41. The van der Waals surface area contributed by atoms with Crippen LogP contribution in [0.4, 0.5) is 45.5 Å². The highest BCUT2D eigenvalue weighted by atomic mass is 15.3. The summed E-state index contributed by atoms with van der Waals surface area (Å²) in [4.78, 5) is 8.38. The lowest BCUT2D eigenvalue weighted by Gasteiger charge is -2.55. The lowest BCUT2D eigenvalue weighted by molar-refractivity contribution is 0.0786. The van der Waals surface area contributed by atoms with Gasteiger partial charge in [-0.25, -0.2) is 0 Å². The third-order valence-corrected chi connectivity index (χ3v) is 22.2. The molecular formula is C78H94BN3. The van der Waals surface area contributed by atoms with E-state index in [0.29, 0.717) is 17.8 Å². The van der Waals surface area contributed by atoms with Gasteiger partial charge < -0.3 is 14.7 Å². The van der Waals surface area contributed by atoms with Crippen molar-refractivity contribution in [1.29, 1.82) is 0 Å². The molecule has 0 aromatic heterocycles. The molecule has 2 aliphatic carbocycles. The Labute approximate surface area is 495 Å². The molecule has 82 heavy (non-hydrogen) atoms. The van der Waals surface area contributed by atoms with Gasteiger partial charge in [-0.1, -0.05) is 204 Å². The molecular weight excluding hydrogens is 990 g/mol. The first-order valence-corrected chi connectivity index (χ1v) is 31.6. The summed E-state index contributed by atoms with van der Waals surface area (Å²) in [5.74, 6) is 1.36. The Morgan fingerprint density at radius 1 is 0.463 bits per heavy atom. The smallest absolute Gasteiger partial charge is 0.252 e. The zero-order chi connectivity index (χ0) is 58.6. The van der Waals surface area contributed by atoms with Gasteiger partial charge in [-0.15, -0.1) is 0 Å². The maximum Gasteiger partial charge on any atom is 0.252 e. The number of rotatable bonds is 2. The third kappa shape index (κ3) is 8.22. The fraction of sp³-hybridized carbons (Fsp3) is 0.462. The Morgan fingerprint density at radius 3 is 1.62 bits per heavy atom. The number of nitrogens with zero attached hydrogens (tertiary/aromatic N) is 3. The molecule has 1 fully saturated rings. The largest absolute Gasteiger partial charge is 0.334 e. The van der Waals surface area contributed by atoms with E-state index >= 15 is 0 Å². The maximum absolute atomic E-state index is 2.89. The quantitative estimate of drug-likeness (QED) is 0.160. The first kappa shape index (κ1) is 55.2. The minimum Gasteiger partial charge on any atom is -0.334 e. The van der Waals surface area contributed by atoms with E-state index in [1.165, 1.54) is 130 Å². The molecule has 1 saturated carbocycles. The van der Waals surface area contributed by atoms with Crippen molar-refractivity contribution in [1.82, 2.24) is 0 Å². The van der Waals surface area contributed by atoms with Crippen molar-refractivity contribution >= 4 is 68.6 Å². The van der Waals surface area contributed by atoms with E-state index in [1.54, 1.807) is 0 Å². The average molecular weight is 1080 g/mol. The van der Waals surface area contributed by atoms with Crippen LogP contribution in [0.1, 0.15) is 227 Å². The normalized spacial score (nSPS) is 23.3. The molecule has 5 aliphatic heterocycles. The van der Waals surface area contributed by atoms with Gasteiger partial charge in [0.05, 0.1) is 11.2 Å². The molecule has 4 heteroatoms. The van der Waals surface area contributed by atoms with Crippen molar-refractivity contribution in [2.45, 2.75) is 220 Å². The van der Waals surface area contributed by atoms with Crippen LogP contribution >= 0.6 is 0 Å². The van der Waals surface area contributed by atoms with Gasteiger partial charge in [0, 0.05) is 50.8 Å². The second-order valence-electron chi connectivity index (χ2n) is 33.0. The molecule has 7 aromatic carbocycles. The summed E-state index contributed by atoms with van der Waals surface area (Å²) in [5, 5.41) is 0. The van der Waals surface area contributed by atoms with Gasteiger partial charge in [-0.05, 0) is 210 Å². The zero-order valence-corrected chi connectivity index (χ0v) is 53.8. The molecule has 0 saturated heterocycles. The van der Waals surface area contributed by atoms with E-state index in [-0.39, 0.29) is 50.2 Å². The van der Waals surface area contributed by atoms with E-state index in [9.17, 15) is 0 Å². The molecule has 7 aliphatic rings. The van der Waals surface area contributed by atoms with Crippen LogP contribution in [-0.4, -0.2) is 12.3 Å². The highest BCUT2D eigenvalue weighted by Crippen LogP contribution is 2.65. The molecule has 0 amide bonds. The van der Waals surface area contributed by atoms with Crippen LogP contribution in [0.3, 0.4) is 0 Å². The summed E-state index contributed by atoms with van der Waals surface area (Å²) in [5.41, 5.74) is 28.4. The molecule has 3 nitrogen and oxygen atoms in total. The van der Waals surface area contributed by atoms with Gasteiger partial charge in [0.25, 0.3) is 6.71 Å².